The van der Waals surface area contributed by atoms with Gasteiger partial charge >= 0.3 is 0 Å². The van der Waals surface area contributed by atoms with Gasteiger partial charge in [0.15, 0.2) is 0 Å². The summed E-state index contributed by atoms with van der Waals surface area (Å²) in [5.41, 5.74) is 5.83. The van der Waals surface area contributed by atoms with Crippen molar-refractivity contribution in [3.05, 3.63) is 0 Å². The van der Waals surface area contributed by atoms with Crippen LogP contribution in [-0.2, 0) is 14.6 Å². The van der Waals surface area contributed by atoms with Gasteiger partial charge in [-0.1, -0.05) is 0 Å². The number of hydrogen-bond donors (Lipinski definition) is 1. The minimum absolute atomic E-state index is 0.104. The van der Waals surface area contributed by atoms with Crippen molar-refractivity contribution in [2.75, 3.05) is 25.2 Å². The predicted octanol–water partition coefficient (Wildman–Crippen LogP) is 0.955. The molecule has 2 N–H and O–H groups in total. The van der Waals surface area contributed by atoms with Crippen LogP contribution in [-0.4, -0.2) is 39.7 Å². The first-order valence-electron chi connectivity index (χ1n) is 5.46. The van der Waals surface area contributed by atoms with Crippen LogP contribution in [0.4, 0.5) is 0 Å². The van der Waals surface area contributed by atoms with Crippen molar-refractivity contribution < 1.29 is 13.2 Å². The Bertz CT molecular complexity index is 239. The summed E-state index contributed by atoms with van der Waals surface area (Å²) in [6.07, 6.45) is 4.55. The monoisotopic (exact) mass is 237 g/mol. The topological polar surface area (TPSA) is 69.4 Å². The summed E-state index contributed by atoms with van der Waals surface area (Å²) in [6.45, 7) is 3.45. The highest BCUT2D eigenvalue weighted by Gasteiger charge is 2.06. The standard InChI is InChI=1S/C10H23NO3S/c1-3-14-8-4-6-10(11)7-5-9-15(2,12)13/h10H,3-9,11H2,1-2H3. The summed E-state index contributed by atoms with van der Waals surface area (Å²) in [5.74, 6) is 0.242. The molecule has 0 spiro atoms. The molecule has 0 aromatic heterocycles. The highest BCUT2D eigenvalue weighted by Crippen LogP contribution is 2.04. The SMILES string of the molecule is CCOCCCC(N)CCCS(C)(=O)=O. The molecule has 0 heterocycles. The van der Waals surface area contributed by atoms with E-state index in [1.54, 1.807) is 0 Å². The molecular weight excluding hydrogens is 214 g/mol. The molecule has 0 bridgehead atoms. The lowest BCUT2D eigenvalue weighted by Gasteiger charge is -2.10. The van der Waals surface area contributed by atoms with E-state index >= 15 is 0 Å². The van der Waals surface area contributed by atoms with Crippen LogP contribution in [0.3, 0.4) is 0 Å². The minimum Gasteiger partial charge on any atom is -0.382 e. The van der Waals surface area contributed by atoms with Gasteiger partial charge in [-0.2, -0.15) is 0 Å². The number of hydrogen-bond acceptors (Lipinski definition) is 4. The highest BCUT2D eigenvalue weighted by molar-refractivity contribution is 7.90. The maximum Gasteiger partial charge on any atom is 0.147 e. The molecule has 0 aromatic carbocycles. The zero-order chi connectivity index (χ0) is 11.7. The fraction of sp³-hybridized carbons (Fsp3) is 1.00. The van der Waals surface area contributed by atoms with Gasteiger partial charge in [0.1, 0.15) is 9.84 Å². The summed E-state index contributed by atoms with van der Waals surface area (Å²) in [4.78, 5) is 0. The highest BCUT2D eigenvalue weighted by atomic mass is 32.2. The van der Waals surface area contributed by atoms with E-state index in [2.05, 4.69) is 0 Å². The van der Waals surface area contributed by atoms with Crippen LogP contribution in [0, 0.1) is 0 Å². The summed E-state index contributed by atoms with van der Waals surface area (Å²) in [5, 5.41) is 0. The van der Waals surface area contributed by atoms with E-state index in [-0.39, 0.29) is 11.8 Å². The average molecular weight is 237 g/mol. The van der Waals surface area contributed by atoms with E-state index in [0.29, 0.717) is 6.42 Å². The number of ether oxygens (including phenoxy) is 1. The molecule has 0 amide bonds. The molecule has 0 fully saturated rings. The van der Waals surface area contributed by atoms with E-state index in [1.165, 1.54) is 6.26 Å². The zero-order valence-electron chi connectivity index (χ0n) is 9.74. The Kier molecular flexibility index (Phi) is 8.00. The van der Waals surface area contributed by atoms with E-state index in [9.17, 15) is 8.42 Å². The first kappa shape index (κ1) is 14.9. The van der Waals surface area contributed by atoms with Crippen molar-refractivity contribution in [1.82, 2.24) is 0 Å². The van der Waals surface area contributed by atoms with Gasteiger partial charge in [-0.05, 0) is 32.6 Å². The largest absolute Gasteiger partial charge is 0.382 e. The zero-order valence-corrected chi connectivity index (χ0v) is 10.6. The van der Waals surface area contributed by atoms with E-state index in [0.717, 1.165) is 32.5 Å². The van der Waals surface area contributed by atoms with Gasteiger partial charge in [-0.3, -0.25) is 0 Å². The maximum absolute atomic E-state index is 10.9. The number of rotatable bonds is 9. The molecule has 0 aliphatic rings. The maximum atomic E-state index is 10.9. The van der Waals surface area contributed by atoms with Crippen molar-refractivity contribution in [2.24, 2.45) is 5.73 Å². The van der Waals surface area contributed by atoms with Gasteiger partial charge in [0.25, 0.3) is 0 Å². The van der Waals surface area contributed by atoms with Crippen LogP contribution in [0.15, 0.2) is 0 Å². The molecule has 0 radical (unpaired) electrons. The summed E-state index contributed by atoms with van der Waals surface area (Å²) < 4.78 is 26.9. The van der Waals surface area contributed by atoms with Gasteiger partial charge < -0.3 is 10.5 Å². The van der Waals surface area contributed by atoms with Crippen LogP contribution in [0.2, 0.25) is 0 Å². The molecular formula is C10H23NO3S. The average Bonchev–Trinajstić information content (AvgIpc) is 2.10. The van der Waals surface area contributed by atoms with Crippen LogP contribution in [0.5, 0.6) is 0 Å². The molecule has 0 rings (SSSR count). The first-order chi connectivity index (χ1) is 6.95. The predicted molar refractivity (Wildman–Crippen MR) is 62.6 cm³/mol. The second kappa shape index (κ2) is 8.07. The Morgan fingerprint density at radius 3 is 2.40 bits per heavy atom. The third-order valence-electron chi connectivity index (χ3n) is 2.16. The van der Waals surface area contributed by atoms with E-state index < -0.39 is 9.84 Å². The number of sulfone groups is 1. The second-order valence-corrected chi connectivity index (χ2v) is 6.13. The minimum atomic E-state index is -2.83. The fourth-order valence-corrected chi connectivity index (χ4v) is 2.04. The Morgan fingerprint density at radius 1 is 1.27 bits per heavy atom. The van der Waals surface area contributed by atoms with Gasteiger partial charge in [0, 0.05) is 31.3 Å². The fourth-order valence-electron chi connectivity index (χ4n) is 1.34. The molecule has 0 aliphatic heterocycles. The number of nitrogens with two attached hydrogens (primary N) is 1. The second-order valence-electron chi connectivity index (χ2n) is 3.87. The Labute approximate surface area is 93.1 Å². The van der Waals surface area contributed by atoms with Crippen molar-refractivity contribution in [2.45, 2.75) is 38.6 Å². The lowest BCUT2D eigenvalue weighted by Crippen LogP contribution is -2.21. The van der Waals surface area contributed by atoms with Crippen LogP contribution in [0.1, 0.15) is 32.6 Å². The van der Waals surface area contributed by atoms with Crippen molar-refractivity contribution >= 4 is 9.84 Å². The molecule has 0 aromatic rings. The molecule has 0 saturated heterocycles. The van der Waals surface area contributed by atoms with Crippen LogP contribution < -0.4 is 5.73 Å². The van der Waals surface area contributed by atoms with Crippen molar-refractivity contribution in [3.8, 4) is 0 Å². The van der Waals surface area contributed by atoms with Gasteiger partial charge in [0.2, 0.25) is 0 Å². The molecule has 1 unspecified atom stereocenters. The van der Waals surface area contributed by atoms with Gasteiger partial charge in [-0.15, -0.1) is 0 Å². The van der Waals surface area contributed by atoms with E-state index in [1.807, 2.05) is 6.92 Å². The van der Waals surface area contributed by atoms with Gasteiger partial charge in [0.05, 0.1) is 0 Å². The van der Waals surface area contributed by atoms with Crippen molar-refractivity contribution in [1.29, 1.82) is 0 Å². The molecule has 15 heavy (non-hydrogen) atoms. The van der Waals surface area contributed by atoms with Crippen LogP contribution in [0.25, 0.3) is 0 Å². The van der Waals surface area contributed by atoms with E-state index in [4.69, 9.17) is 10.5 Å². The lowest BCUT2D eigenvalue weighted by atomic mass is 10.1. The molecule has 0 saturated carbocycles. The molecule has 4 nitrogen and oxygen atoms in total. The smallest absolute Gasteiger partial charge is 0.147 e. The first-order valence-corrected chi connectivity index (χ1v) is 7.53. The molecule has 92 valence electrons. The normalized spacial score (nSPS) is 14.1. The molecule has 5 heteroatoms. The third-order valence-corrected chi connectivity index (χ3v) is 3.19. The molecule has 0 aliphatic carbocycles. The van der Waals surface area contributed by atoms with Crippen LogP contribution >= 0.6 is 0 Å². The Morgan fingerprint density at radius 2 is 1.87 bits per heavy atom. The summed E-state index contributed by atoms with van der Waals surface area (Å²) >= 11 is 0. The summed E-state index contributed by atoms with van der Waals surface area (Å²) in [7, 11) is -2.83. The lowest BCUT2D eigenvalue weighted by molar-refractivity contribution is 0.141. The van der Waals surface area contributed by atoms with Crippen molar-refractivity contribution in [3.63, 3.8) is 0 Å². The Hall–Kier alpha value is -0.130. The Balaban J connectivity index is 3.37. The molecule has 1 atom stereocenters. The summed E-state index contributed by atoms with van der Waals surface area (Å²) in [6, 6.07) is 0.104. The van der Waals surface area contributed by atoms with Gasteiger partial charge in [-0.25, -0.2) is 8.42 Å². The third kappa shape index (κ3) is 11.8. The quantitative estimate of drug-likeness (QED) is 0.606.